The second-order valence-corrected chi connectivity index (χ2v) is 6.93. The molecule has 0 bridgehead atoms. The van der Waals surface area contributed by atoms with Gasteiger partial charge in [-0.15, -0.1) is 0 Å². The van der Waals surface area contributed by atoms with Gasteiger partial charge in [0.05, 0.1) is 6.04 Å². The van der Waals surface area contributed by atoms with E-state index in [0.29, 0.717) is 11.3 Å². The molecule has 2 unspecified atom stereocenters. The SMILES string of the molecule is CCC(C)C(N)C(=O)NCC1(CC(C)C)CCCC1. The highest BCUT2D eigenvalue weighted by atomic mass is 16.2. The summed E-state index contributed by atoms with van der Waals surface area (Å²) in [5.74, 6) is 0.979. The van der Waals surface area contributed by atoms with Gasteiger partial charge in [0.2, 0.25) is 5.91 Å². The van der Waals surface area contributed by atoms with Crippen LogP contribution < -0.4 is 11.1 Å². The van der Waals surface area contributed by atoms with Gasteiger partial charge in [-0.1, -0.05) is 47.0 Å². The largest absolute Gasteiger partial charge is 0.354 e. The predicted octanol–water partition coefficient (Wildman–Crippen LogP) is 3.08. The number of hydrogen-bond acceptors (Lipinski definition) is 2. The number of amides is 1. The topological polar surface area (TPSA) is 55.1 Å². The molecule has 1 rings (SSSR count). The van der Waals surface area contributed by atoms with E-state index in [1.54, 1.807) is 0 Å². The third kappa shape index (κ3) is 4.79. The molecule has 3 N–H and O–H groups in total. The molecule has 0 aliphatic heterocycles. The van der Waals surface area contributed by atoms with Gasteiger partial charge in [-0.3, -0.25) is 4.79 Å². The summed E-state index contributed by atoms with van der Waals surface area (Å²) in [4.78, 5) is 12.1. The van der Waals surface area contributed by atoms with Gasteiger partial charge in [0.25, 0.3) is 0 Å². The minimum atomic E-state index is -0.359. The minimum Gasteiger partial charge on any atom is -0.354 e. The van der Waals surface area contributed by atoms with Crippen LogP contribution in [0.4, 0.5) is 0 Å². The lowest BCUT2D eigenvalue weighted by molar-refractivity contribution is -0.124. The first-order valence-electron chi connectivity index (χ1n) is 7.93. The van der Waals surface area contributed by atoms with Crippen molar-refractivity contribution in [2.24, 2.45) is 23.0 Å². The van der Waals surface area contributed by atoms with Gasteiger partial charge in [-0.05, 0) is 36.5 Å². The van der Waals surface area contributed by atoms with Crippen molar-refractivity contribution in [3.05, 3.63) is 0 Å². The highest BCUT2D eigenvalue weighted by Gasteiger charge is 2.35. The molecule has 0 saturated heterocycles. The van der Waals surface area contributed by atoms with Gasteiger partial charge < -0.3 is 11.1 Å². The van der Waals surface area contributed by atoms with Crippen LogP contribution in [0, 0.1) is 17.3 Å². The maximum Gasteiger partial charge on any atom is 0.237 e. The molecule has 112 valence electrons. The summed E-state index contributed by atoms with van der Waals surface area (Å²) in [6.45, 7) is 9.48. The number of carbonyl (C=O) groups excluding carboxylic acids is 1. The van der Waals surface area contributed by atoms with Crippen molar-refractivity contribution in [3.8, 4) is 0 Å². The van der Waals surface area contributed by atoms with E-state index in [2.05, 4.69) is 26.1 Å². The summed E-state index contributed by atoms with van der Waals surface area (Å²) < 4.78 is 0. The fraction of sp³-hybridized carbons (Fsp3) is 0.938. The Morgan fingerprint density at radius 3 is 2.32 bits per heavy atom. The van der Waals surface area contributed by atoms with Gasteiger partial charge >= 0.3 is 0 Å². The molecule has 1 aliphatic rings. The zero-order chi connectivity index (χ0) is 14.5. The van der Waals surface area contributed by atoms with Crippen LogP contribution in [-0.4, -0.2) is 18.5 Å². The number of rotatable bonds is 7. The molecule has 3 heteroatoms. The van der Waals surface area contributed by atoms with E-state index in [-0.39, 0.29) is 17.9 Å². The Morgan fingerprint density at radius 2 is 1.84 bits per heavy atom. The summed E-state index contributed by atoms with van der Waals surface area (Å²) in [7, 11) is 0. The quantitative estimate of drug-likeness (QED) is 0.745. The molecule has 0 spiro atoms. The van der Waals surface area contributed by atoms with Crippen molar-refractivity contribution in [2.75, 3.05) is 6.54 Å². The number of carbonyl (C=O) groups is 1. The van der Waals surface area contributed by atoms with Crippen LogP contribution in [0.25, 0.3) is 0 Å². The average Bonchev–Trinajstić information content (AvgIpc) is 2.82. The highest BCUT2D eigenvalue weighted by Crippen LogP contribution is 2.42. The lowest BCUT2D eigenvalue weighted by Gasteiger charge is -2.32. The molecule has 0 aromatic carbocycles. The molecule has 2 atom stereocenters. The van der Waals surface area contributed by atoms with Crippen LogP contribution in [0.2, 0.25) is 0 Å². The first kappa shape index (κ1) is 16.5. The molecule has 1 fully saturated rings. The molecule has 0 heterocycles. The molecule has 1 saturated carbocycles. The van der Waals surface area contributed by atoms with Crippen molar-refractivity contribution in [1.82, 2.24) is 5.32 Å². The first-order chi connectivity index (χ1) is 8.90. The Morgan fingerprint density at radius 1 is 1.26 bits per heavy atom. The molecule has 1 amide bonds. The van der Waals surface area contributed by atoms with E-state index in [1.807, 2.05) is 6.92 Å². The van der Waals surface area contributed by atoms with Gasteiger partial charge in [0, 0.05) is 6.54 Å². The van der Waals surface area contributed by atoms with E-state index in [9.17, 15) is 4.79 Å². The maximum atomic E-state index is 12.1. The molecule has 0 radical (unpaired) electrons. The summed E-state index contributed by atoms with van der Waals surface area (Å²) in [6, 6.07) is -0.359. The van der Waals surface area contributed by atoms with Crippen molar-refractivity contribution >= 4 is 5.91 Å². The Bertz CT molecular complexity index is 282. The van der Waals surface area contributed by atoms with E-state index >= 15 is 0 Å². The Labute approximate surface area is 118 Å². The minimum absolute atomic E-state index is 0.0318. The number of nitrogens with one attached hydrogen (secondary N) is 1. The standard InChI is InChI=1S/C16H32N2O/c1-5-13(4)14(17)15(19)18-11-16(10-12(2)3)8-6-7-9-16/h12-14H,5-11,17H2,1-4H3,(H,18,19). The Balaban J connectivity index is 2.50. The van der Waals surface area contributed by atoms with Gasteiger partial charge in [-0.2, -0.15) is 0 Å². The van der Waals surface area contributed by atoms with Crippen molar-refractivity contribution in [3.63, 3.8) is 0 Å². The number of hydrogen-bond donors (Lipinski definition) is 2. The van der Waals surface area contributed by atoms with Crippen molar-refractivity contribution in [1.29, 1.82) is 0 Å². The van der Waals surface area contributed by atoms with Crippen LogP contribution >= 0.6 is 0 Å². The summed E-state index contributed by atoms with van der Waals surface area (Å²) >= 11 is 0. The normalized spacial score (nSPS) is 21.4. The monoisotopic (exact) mass is 268 g/mol. The molecule has 19 heavy (non-hydrogen) atoms. The summed E-state index contributed by atoms with van der Waals surface area (Å²) in [5.41, 5.74) is 6.32. The van der Waals surface area contributed by atoms with Gasteiger partial charge in [0.1, 0.15) is 0 Å². The maximum absolute atomic E-state index is 12.1. The van der Waals surface area contributed by atoms with Crippen molar-refractivity contribution in [2.45, 2.75) is 72.3 Å². The third-order valence-corrected chi connectivity index (χ3v) is 4.70. The summed E-state index contributed by atoms with van der Waals surface area (Å²) in [5, 5.41) is 3.12. The lowest BCUT2D eigenvalue weighted by Crippen LogP contribution is -2.47. The average molecular weight is 268 g/mol. The van der Waals surface area contributed by atoms with Gasteiger partial charge in [-0.25, -0.2) is 0 Å². The van der Waals surface area contributed by atoms with E-state index < -0.39 is 0 Å². The fourth-order valence-corrected chi connectivity index (χ4v) is 3.35. The van der Waals surface area contributed by atoms with Crippen LogP contribution in [-0.2, 0) is 4.79 Å². The molecule has 3 nitrogen and oxygen atoms in total. The van der Waals surface area contributed by atoms with Crippen LogP contribution in [0.5, 0.6) is 0 Å². The zero-order valence-corrected chi connectivity index (χ0v) is 13.2. The van der Waals surface area contributed by atoms with E-state index in [4.69, 9.17) is 5.73 Å². The van der Waals surface area contributed by atoms with Crippen molar-refractivity contribution < 1.29 is 4.79 Å². The first-order valence-corrected chi connectivity index (χ1v) is 7.93. The van der Waals surface area contributed by atoms with Crippen LogP contribution in [0.3, 0.4) is 0 Å². The fourth-order valence-electron chi connectivity index (χ4n) is 3.35. The highest BCUT2D eigenvalue weighted by molar-refractivity contribution is 5.81. The third-order valence-electron chi connectivity index (χ3n) is 4.70. The molecule has 0 aromatic heterocycles. The van der Waals surface area contributed by atoms with E-state index in [0.717, 1.165) is 13.0 Å². The Hall–Kier alpha value is -0.570. The summed E-state index contributed by atoms with van der Waals surface area (Å²) in [6.07, 6.45) is 7.28. The molecular weight excluding hydrogens is 236 g/mol. The van der Waals surface area contributed by atoms with Crippen LogP contribution in [0.15, 0.2) is 0 Å². The molecular formula is C16H32N2O. The predicted molar refractivity (Wildman–Crippen MR) is 80.8 cm³/mol. The van der Waals surface area contributed by atoms with E-state index in [1.165, 1.54) is 32.1 Å². The Kier molecular flexibility index (Phi) is 6.31. The second kappa shape index (κ2) is 7.28. The second-order valence-electron chi connectivity index (χ2n) is 6.93. The number of nitrogens with two attached hydrogens (primary N) is 1. The van der Waals surface area contributed by atoms with Crippen LogP contribution in [0.1, 0.15) is 66.2 Å². The zero-order valence-electron chi connectivity index (χ0n) is 13.2. The van der Waals surface area contributed by atoms with Gasteiger partial charge in [0.15, 0.2) is 0 Å². The molecule has 0 aromatic rings. The smallest absolute Gasteiger partial charge is 0.237 e. The lowest BCUT2D eigenvalue weighted by atomic mass is 9.78. The molecule has 1 aliphatic carbocycles.